The molecule has 1 heterocycles. The number of anilines is 1. The number of carbonyl (C=O) groups is 1. The van der Waals surface area contributed by atoms with Gasteiger partial charge in [0.2, 0.25) is 4.77 Å². The number of aliphatic carboxylic acids is 1. The number of aromatic amines is 1. The van der Waals surface area contributed by atoms with Crippen molar-refractivity contribution in [1.29, 1.82) is 0 Å². The highest BCUT2D eigenvalue weighted by Gasteiger charge is 2.06. The number of nitrogens with zero attached hydrogens (tertiary/aromatic N) is 4. The van der Waals surface area contributed by atoms with Gasteiger partial charge in [-0.1, -0.05) is 10.3 Å². The van der Waals surface area contributed by atoms with Crippen LogP contribution in [0.3, 0.4) is 0 Å². The van der Waals surface area contributed by atoms with Crippen molar-refractivity contribution < 1.29 is 9.90 Å². The van der Waals surface area contributed by atoms with Crippen LogP contribution in [0.1, 0.15) is 0 Å². The van der Waals surface area contributed by atoms with Crippen LogP contribution in [0, 0.1) is 4.77 Å². The fourth-order valence-electron chi connectivity index (χ4n) is 1.52. The zero-order chi connectivity index (χ0) is 13.1. The summed E-state index contributed by atoms with van der Waals surface area (Å²) in [6.07, 6.45) is 0. The van der Waals surface area contributed by atoms with Gasteiger partial charge in [0.15, 0.2) is 0 Å². The maximum Gasteiger partial charge on any atom is 0.323 e. The van der Waals surface area contributed by atoms with Gasteiger partial charge >= 0.3 is 5.97 Å². The molecule has 0 fully saturated rings. The van der Waals surface area contributed by atoms with Gasteiger partial charge in [0.25, 0.3) is 0 Å². The monoisotopic (exact) mass is 265 g/mol. The molecule has 0 amide bonds. The second-order valence-corrected chi connectivity index (χ2v) is 4.05. The van der Waals surface area contributed by atoms with Gasteiger partial charge in [0.1, 0.15) is 6.54 Å². The Bertz CT molecular complexity index is 603. The van der Waals surface area contributed by atoms with E-state index in [4.69, 9.17) is 17.3 Å². The standard InChI is InChI=1S/C10H11N5O2S/c1-14(6-9(16)17)7-2-4-8(5-3-7)15-10(18)11-12-13-15/h2-5H,6H2,1H3,(H,16,17)(H,11,13,18). The van der Waals surface area contributed by atoms with E-state index in [9.17, 15) is 4.79 Å². The summed E-state index contributed by atoms with van der Waals surface area (Å²) in [4.78, 5) is 12.2. The molecule has 0 bridgehead atoms. The molecule has 0 saturated heterocycles. The highest BCUT2D eigenvalue weighted by atomic mass is 32.1. The lowest BCUT2D eigenvalue weighted by molar-refractivity contribution is -0.135. The molecule has 0 saturated carbocycles. The Labute approximate surface area is 108 Å². The topological polar surface area (TPSA) is 87.0 Å². The number of benzene rings is 1. The van der Waals surface area contributed by atoms with Crippen molar-refractivity contribution in [2.75, 3.05) is 18.5 Å². The van der Waals surface area contributed by atoms with Gasteiger partial charge in [-0.2, -0.15) is 5.21 Å². The summed E-state index contributed by atoms with van der Waals surface area (Å²) >= 11 is 4.98. The van der Waals surface area contributed by atoms with E-state index in [0.29, 0.717) is 4.77 Å². The first kappa shape index (κ1) is 12.2. The fraction of sp³-hybridized carbons (Fsp3) is 0.200. The molecule has 2 aromatic rings. The molecule has 18 heavy (non-hydrogen) atoms. The molecule has 1 aromatic carbocycles. The van der Waals surface area contributed by atoms with Crippen molar-refractivity contribution in [3.8, 4) is 5.69 Å². The molecule has 0 radical (unpaired) electrons. The summed E-state index contributed by atoms with van der Waals surface area (Å²) in [7, 11) is 1.71. The average molecular weight is 265 g/mol. The zero-order valence-corrected chi connectivity index (χ0v) is 10.4. The van der Waals surface area contributed by atoms with Crippen LogP contribution in [0.15, 0.2) is 24.3 Å². The molecule has 2 N–H and O–H groups in total. The fourth-order valence-corrected chi connectivity index (χ4v) is 1.70. The number of tetrazole rings is 1. The van der Waals surface area contributed by atoms with Crippen molar-refractivity contribution in [2.24, 2.45) is 0 Å². The van der Waals surface area contributed by atoms with Crippen molar-refractivity contribution in [1.82, 2.24) is 20.2 Å². The largest absolute Gasteiger partial charge is 0.480 e. The molecule has 94 valence electrons. The van der Waals surface area contributed by atoms with Crippen LogP contribution in [-0.2, 0) is 4.79 Å². The maximum absolute atomic E-state index is 10.6. The second-order valence-electron chi connectivity index (χ2n) is 3.68. The first-order valence-corrected chi connectivity index (χ1v) is 5.52. The van der Waals surface area contributed by atoms with Crippen molar-refractivity contribution in [2.45, 2.75) is 0 Å². The Morgan fingerprint density at radius 3 is 2.67 bits per heavy atom. The van der Waals surface area contributed by atoms with E-state index in [1.54, 1.807) is 28.8 Å². The Hall–Kier alpha value is -2.22. The number of rotatable bonds is 4. The molecular weight excluding hydrogens is 254 g/mol. The lowest BCUT2D eigenvalue weighted by Crippen LogP contribution is -2.24. The van der Waals surface area contributed by atoms with E-state index in [1.807, 2.05) is 12.1 Å². The van der Waals surface area contributed by atoms with Gasteiger partial charge in [-0.3, -0.25) is 4.79 Å². The third-order valence-corrected chi connectivity index (χ3v) is 2.66. The number of carboxylic acids is 1. The summed E-state index contributed by atoms with van der Waals surface area (Å²) in [5, 5.41) is 18.6. The zero-order valence-electron chi connectivity index (χ0n) is 9.57. The lowest BCUT2D eigenvalue weighted by atomic mass is 10.2. The van der Waals surface area contributed by atoms with E-state index in [-0.39, 0.29) is 6.54 Å². The minimum absolute atomic E-state index is 0.0512. The molecule has 0 spiro atoms. The number of likely N-dealkylation sites (N-methyl/N-ethyl adjacent to an activating group) is 1. The number of aromatic nitrogens is 4. The van der Waals surface area contributed by atoms with Crippen LogP contribution < -0.4 is 4.90 Å². The van der Waals surface area contributed by atoms with Crippen LogP contribution in [-0.4, -0.2) is 44.9 Å². The molecule has 0 aliphatic rings. The highest BCUT2D eigenvalue weighted by molar-refractivity contribution is 7.71. The predicted molar refractivity (Wildman–Crippen MR) is 67.4 cm³/mol. The van der Waals surface area contributed by atoms with E-state index >= 15 is 0 Å². The van der Waals surface area contributed by atoms with E-state index in [1.165, 1.54) is 0 Å². The molecule has 0 unspecified atom stereocenters. The van der Waals surface area contributed by atoms with Crippen molar-refractivity contribution in [3.05, 3.63) is 29.0 Å². The molecule has 8 heteroatoms. The van der Waals surface area contributed by atoms with Crippen molar-refractivity contribution >= 4 is 23.9 Å². The van der Waals surface area contributed by atoms with Gasteiger partial charge in [-0.25, -0.2) is 4.68 Å². The minimum Gasteiger partial charge on any atom is -0.480 e. The summed E-state index contributed by atoms with van der Waals surface area (Å²) < 4.78 is 1.89. The van der Waals surface area contributed by atoms with Gasteiger partial charge in [0.05, 0.1) is 5.69 Å². The van der Waals surface area contributed by atoms with E-state index in [0.717, 1.165) is 11.4 Å². The molecule has 0 aliphatic carbocycles. The molecule has 0 aliphatic heterocycles. The van der Waals surface area contributed by atoms with Gasteiger partial charge in [-0.05, 0) is 36.5 Å². The lowest BCUT2D eigenvalue weighted by Gasteiger charge is -2.16. The first-order valence-electron chi connectivity index (χ1n) is 5.11. The molecule has 0 atom stereocenters. The van der Waals surface area contributed by atoms with E-state index < -0.39 is 5.97 Å². The normalized spacial score (nSPS) is 10.3. The summed E-state index contributed by atoms with van der Waals surface area (Å²) in [6.45, 7) is -0.0512. The summed E-state index contributed by atoms with van der Waals surface area (Å²) in [5.74, 6) is -0.874. The first-order chi connectivity index (χ1) is 8.58. The number of carboxylic acid groups (broad SMARTS) is 1. The maximum atomic E-state index is 10.6. The third-order valence-electron chi connectivity index (χ3n) is 2.39. The predicted octanol–water partition coefficient (Wildman–Crippen LogP) is 0.846. The van der Waals surface area contributed by atoms with Gasteiger partial charge < -0.3 is 10.0 Å². The molecule has 1 aromatic heterocycles. The summed E-state index contributed by atoms with van der Waals surface area (Å²) in [6, 6.07) is 7.23. The van der Waals surface area contributed by atoms with Crippen LogP contribution in [0.2, 0.25) is 0 Å². The average Bonchev–Trinajstić information content (AvgIpc) is 2.75. The Morgan fingerprint density at radius 1 is 1.50 bits per heavy atom. The Kier molecular flexibility index (Phi) is 3.38. The van der Waals surface area contributed by atoms with Crippen LogP contribution in [0.25, 0.3) is 5.69 Å². The van der Waals surface area contributed by atoms with Crippen LogP contribution in [0.5, 0.6) is 0 Å². The quantitative estimate of drug-likeness (QED) is 0.797. The molecule has 7 nitrogen and oxygen atoms in total. The molecular formula is C10H11N5O2S. The molecule has 2 rings (SSSR count). The van der Waals surface area contributed by atoms with Crippen LogP contribution in [0.4, 0.5) is 5.69 Å². The van der Waals surface area contributed by atoms with Gasteiger partial charge in [0, 0.05) is 12.7 Å². The highest BCUT2D eigenvalue weighted by Crippen LogP contribution is 2.15. The SMILES string of the molecule is CN(CC(=O)O)c1ccc(-n2[nH]nnc2=S)cc1. The third kappa shape index (κ3) is 2.54. The Balaban J connectivity index is 2.23. The van der Waals surface area contributed by atoms with E-state index in [2.05, 4.69) is 15.5 Å². The van der Waals surface area contributed by atoms with Crippen LogP contribution >= 0.6 is 12.2 Å². The number of H-pyrrole nitrogens is 1. The number of nitrogens with one attached hydrogen (secondary N) is 1. The second kappa shape index (κ2) is 4.96. The number of hydrogen-bond acceptors (Lipinski definition) is 5. The summed E-state index contributed by atoms with van der Waals surface area (Å²) in [5.41, 5.74) is 1.60. The van der Waals surface area contributed by atoms with Gasteiger partial charge in [-0.15, -0.1) is 0 Å². The van der Waals surface area contributed by atoms with Crippen molar-refractivity contribution in [3.63, 3.8) is 0 Å². The minimum atomic E-state index is -0.874. The number of hydrogen-bond donors (Lipinski definition) is 2. The smallest absolute Gasteiger partial charge is 0.323 e. The Morgan fingerprint density at radius 2 is 2.17 bits per heavy atom.